The monoisotopic (exact) mass is 320 g/mol. The van der Waals surface area contributed by atoms with Crippen LogP contribution in [0, 0.1) is 5.92 Å². The number of anilines is 1. The van der Waals surface area contributed by atoms with Crippen molar-refractivity contribution >= 4 is 25.5 Å². The highest BCUT2D eigenvalue weighted by Crippen LogP contribution is 2.22. The first kappa shape index (κ1) is 16.9. The summed E-state index contributed by atoms with van der Waals surface area (Å²) in [6, 6.07) is 3.66. The van der Waals surface area contributed by atoms with Gasteiger partial charge >= 0.3 is 0 Å². The Morgan fingerprint density at radius 3 is 2.35 bits per heavy atom. The number of sulfonamides is 1. The molecule has 0 saturated heterocycles. The molecule has 0 amide bonds. The Labute approximate surface area is 120 Å². The Hall–Kier alpha value is -1.12. The van der Waals surface area contributed by atoms with Crippen LogP contribution >= 0.6 is 0 Å². The van der Waals surface area contributed by atoms with Gasteiger partial charge < -0.3 is 5.73 Å². The van der Waals surface area contributed by atoms with Crippen molar-refractivity contribution in [3.63, 3.8) is 0 Å². The van der Waals surface area contributed by atoms with E-state index in [1.165, 1.54) is 12.1 Å². The van der Waals surface area contributed by atoms with Crippen LogP contribution in [-0.2, 0) is 19.9 Å². The molecule has 0 radical (unpaired) electrons. The van der Waals surface area contributed by atoms with E-state index in [0.717, 1.165) is 18.7 Å². The van der Waals surface area contributed by atoms with Crippen LogP contribution in [0.25, 0.3) is 0 Å². The van der Waals surface area contributed by atoms with Gasteiger partial charge in [0.15, 0.2) is 9.84 Å². The van der Waals surface area contributed by atoms with Gasteiger partial charge in [0.2, 0.25) is 10.0 Å². The fraction of sp³-hybridized carbons (Fsp3) is 0.500. The molecule has 1 atom stereocenters. The van der Waals surface area contributed by atoms with Crippen molar-refractivity contribution in [1.29, 1.82) is 0 Å². The molecule has 0 saturated carbocycles. The van der Waals surface area contributed by atoms with Gasteiger partial charge in [-0.25, -0.2) is 21.6 Å². The molecule has 20 heavy (non-hydrogen) atoms. The zero-order valence-electron chi connectivity index (χ0n) is 11.8. The summed E-state index contributed by atoms with van der Waals surface area (Å²) in [5, 5.41) is 0. The van der Waals surface area contributed by atoms with Gasteiger partial charge in [0.05, 0.1) is 10.6 Å². The summed E-state index contributed by atoms with van der Waals surface area (Å²) in [6.07, 6.45) is 1.85. The van der Waals surface area contributed by atoms with Crippen LogP contribution in [0.1, 0.15) is 20.3 Å². The summed E-state index contributed by atoms with van der Waals surface area (Å²) in [5.41, 5.74) is 5.67. The van der Waals surface area contributed by atoms with Crippen LogP contribution in [0.2, 0.25) is 0 Å². The molecule has 1 aromatic carbocycles. The lowest BCUT2D eigenvalue weighted by Gasteiger charge is -2.13. The molecule has 114 valence electrons. The predicted molar refractivity (Wildman–Crippen MR) is 78.6 cm³/mol. The largest absolute Gasteiger partial charge is 0.398 e. The Balaban J connectivity index is 3.18. The summed E-state index contributed by atoms with van der Waals surface area (Å²) >= 11 is 0. The first-order valence-electron chi connectivity index (χ1n) is 6.17. The van der Waals surface area contributed by atoms with E-state index < -0.39 is 19.9 Å². The maximum Gasteiger partial charge on any atom is 0.242 e. The van der Waals surface area contributed by atoms with E-state index in [9.17, 15) is 16.8 Å². The first-order chi connectivity index (χ1) is 9.08. The molecule has 0 bridgehead atoms. The number of hydrogen-bond donors (Lipinski definition) is 2. The van der Waals surface area contributed by atoms with Gasteiger partial charge in [-0.2, -0.15) is 0 Å². The summed E-state index contributed by atoms with van der Waals surface area (Å²) in [5.74, 6) is 0.184. The van der Waals surface area contributed by atoms with E-state index in [1.807, 2.05) is 13.8 Å². The zero-order chi connectivity index (χ0) is 15.6. The maximum atomic E-state index is 12.2. The fourth-order valence-corrected chi connectivity index (χ4v) is 3.49. The molecular weight excluding hydrogens is 300 g/mol. The number of nitrogen functional groups attached to an aromatic ring is 1. The van der Waals surface area contributed by atoms with Crippen molar-refractivity contribution in [2.75, 3.05) is 18.5 Å². The van der Waals surface area contributed by atoms with Crippen molar-refractivity contribution in [2.45, 2.75) is 30.1 Å². The quantitative estimate of drug-likeness (QED) is 0.760. The van der Waals surface area contributed by atoms with E-state index in [1.54, 1.807) is 0 Å². The standard InChI is InChI=1S/C12H20N2O4S2/c1-4-9(2)8-14-20(17,18)12-7-10(19(3,15)16)5-6-11(12)13/h5-7,9,14H,4,8,13H2,1-3H3. The van der Waals surface area contributed by atoms with Crippen molar-refractivity contribution < 1.29 is 16.8 Å². The van der Waals surface area contributed by atoms with Crippen molar-refractivity contribution in [1.82, 2.24) is 4.72 Å². The number of nitrogens with two attached hydrogens (primary N) is 1. The summed E-state index contributed by atoms with van der Waals surface area (Å²) in [4.78, 5) is -0.278. The second-order valence-electron chi connectivity index (χ2n) is 4.84. The van der Waals surface area contributed by atoms with Gasteiger partial charge in [0, 0.05) is 12.8 Å². The lowest BCUT2D eigenvalue weighted by Crippen LogP contribution is -2.29. The second-order valence-corrected chi connectivity index (χ2v) is 8.59. The van der Waals surface area contributed by atoms with Crippen LogP contribution in [0.15, 0.2) is 28.0 Å². The maximum absolute atomic E-state index is 12.2. The van der Waals surface area contributed by atoms with Crippen LogP contribution in [0.3, 0.4) is 0 Å². The molecule has 0 fully saturated rings. The lowest BCUT2D eigenvalue weighted by molar-refractivity contribution is 0.528. The molecule has 0 aliphatic heterocycles. The normalized spacial score (nSPS) is 14.2. The average Bonchev–Trinajstić information content (AvgIpc) is 2.34. The molecule has 6 nitrogen and oxygen atoms in total. The van der Waals surface area contributed by atoms with Gasteiger partial charge in [-0.1, -0.05) is 20.3 Å². The topological polar surface area (TPSA) is 106 Å². The summed E-state index contributed by atoms with van der Waals surface area (Å²) in [7, 11) is -7.30. The molecular formula is C12H20N2O4S2. The highest BCUT2D eigenvalue weighted by atomic mass is 32.2. The Morgan fingerprint density at radius 2 is 1.85 bits per heavy atom. The van der Waals surface area contributed by atoms with E-state index >= 15 is 0 Å². The number of sulfone groups is 1. The molecule has 0 aliphatic rings. The highest BCUT2D eigenvalue weighted by molar-refractivity contribution is 7.91. The highest BCUT2D eigenvalue weighted by Gasteiger charge is 2.20. The van der Waals surface area contributed by atoms with Crippen LogP contribution < -0.4 is 10.5 Å². The summed E-state index contributed by atoms with van der Waals surface area (Å²) in [6.45, 7) is 4.15. The number of rotatable bonds is 6. The SMILES string of the molecule is CCC(C)CNS(=O)(=O)c1cc(S(C)(=O)=O)ccc1N. The van der Waals surface area contributed by atoms with Crippen LogP contribution in [0.5, 0.6) is 0 Å². The minimum atomic E-state index is -3.82. The Bertz CT molecular complexity index is 681. The molecule has 0 spiro atoms. The van der Waals surface area contributed by atoms with Gasteiger partial charge in [-0.05, 0) is 24.1 Å². The fourth-order valence-electron chi connectivity index (χ4n) is 1.45. The smallest absolute Gasteiger partial charge is 0.242 e. The van der Waals surface area contributed by atoms with Gasteiger partial charge in [0.1, 0.15) is 4.90 Å². The van der Waals surface area contributed by atoms with Crippen molar-refractivity contribution in [3.8, 4) is 0 Å². The Kier molecular flexibility index (Phi) is 5.17. The molecule has 0 aliphatic carbocycles. The van der Waals surface area contributed by atoms with Gasteiger partial charge in [-0.3, -0.25) is 0 Å². The number of benzene rings is 1. The zero-order valence-corrected chi connectivity index (χ0v) is 13.4. The van der Waals surface area contributed by atoms with Crippen molar-refractivity contribution in [3.05, 3.63) is 18.2 Å². The van der Waals surface area contributed by atoms with Crippen LogP contribution in [-0.4, -0.2) is 29.6 Å². The molecule has 1 rings (SSSR count). The predicted octanol–water partition coefficient (Wildman–Crippen LogP) is 0.997. The van der Waals surface area contributed by atoms with E-state index in [4.69, 9.17) is 5.73 Å². The third-order valence-electron chi connectivity index (χ3n) is 3.02. The number of hydrogen-bond acceptors (Lipinski definition) is 5. The molecule has 1 aromatic rings. The molecule has 0 heterocycles. The van der Waals surface area contributed by atoms with E-state index in [-0.39, 0.29) is 27.9 Å². The molecule has 8 heteroatoms. The number of nitrogens with one attached hydrogen (secondary N) is 1. The minimum absolute atomic E-state index is 0.0223. The molecule has 0 aromatic heterocycles. The Morgan fingerprint density at radius 1 is 1.25 bits per heavy atom. The van der Waals surface area contributed by atoms with E-state index in [2.05, 4.69) is 4.72 Å². The van der Waals surface area contributed by atoms with E-state index in [0.29, 0.717) is 0 Å². The third-order valence-corrected chi connectivity index (χ3v) is 5.61. The third kappa shape index (κ3) is 4.19. The molecule has 1 unspecified atom stereocenters. The van der Waals surface area contributed by atoms with Gasteiger partial charge in [0.25, 0.3) is 0 Å². The lowest BCUT2D eigenvalue weighted by atomic mass is 10.1. The average molecular weight is 320 g/mol. The minimum Gasteiger partial charge on any atom is -0.398 e. The van der Waals surface area contributed by atoms with Crippen LogP contribution in [0.4, 0.5) is 5.69 Å². The summed E-state index contributed by atoms with van der Waals surface area (Å²) < 4.78 is 49.7. The molecule has 3 N–H and O–H groups in total. The van der Waals surface area contributed by atoms with Gasteiger partial charge in [-0.15, -0.1) is 0 Å². The first-order valence-corrected chi connectivity index (χ1v) is 9.54. The second kappa shape index (κ2) is 6.11. The van der Waals surface area contributed by atoms with Crippen molar-refractivity contribution in [2.24, 2.45) is 5.92 Å².